The maximum absolute atomic E-state index is 14.7. The zero-order valence-corrected chi connectivity index (χ0v) is 30.8. The quantitative estimate of drug-likeness (QED) is 0.180. The zero-order valence-electron chi connectivity index (χ0n) is 30.0. The molecule has 2 aliphatic carbocycles. The number of benzene rings is 1. The Balaban J connectivity index is 1.37. The van der Waals surface area contributed by atoms with Crippen LogP contribution in [0.1, 0.15) is 117 Å². The number of nitrogens with zero attached hydrogens (tertiary/aromatic N) is 2. The highest BCUT2D eigenvalue weighted by atomic mass is 35.5. The number of oxime groups is 1. The summed E-state index contributed by atoms with van der Waals surface area (Å²) in [6.45, 7) is 11.9. The van der Waals surface area contributed by atoms with Crippen molar-refractivity contribution in [1.29, 1.82) is 0 Å². The molecule has 1 aromatic rings. The second kappa shape index (κ2) is 16.2. The minimum Gasteiger partial charge on any atom is -0.476 e. The van der Waals surface area contributed by atoms with Crippen LogP contribution in [0.2, 0.25) is 5.02 Å². The molecule has 0 radical (unpaired) electrons. The Kier molecular flexibility index (Phi) is 12.2. The molecule has 3 amide bonds. The van der Waals surface area contributed by atoms with Gasteiger partial charge >= 0.3 is 0 Å². The van der Waals surface area contributed by atoms with Gasteiger partial charge in [-0.25, -0.2) is 0 Å². The van der Waals surface area contributed by atoms with Crippen molar-refractivity contribution in [1.82, 2.24) is 20.9 Å². The second-order valence-corrected chi connectivity index (χ2v) is 16.0. The molecule has 12 heteroatoms. The van der Waals surface area contributed by atoms with Crippen LogP contribution < -0.4 is 16.0 Å². The van der Waals surface area contributed by atoms with Gasteiger partial charge < -0.3 is 30.4 Å². The fraction of sp³-hybridized carbons (Fsp3) is 0.658. The number of ether oxygens (including phenoxy) is 1. The molecule has 5 rings (SSSR count). The van der Waals surface area contributed by atoms with Gasteiger partial charge in [-0.15, -0.1) is 0 Å². The summed E-state index contributed by atoms with van der Waals surface area (Å²) in [5.41, 5.74) is -0.0989. The number of rotatable bonds is 13. The van der Waals surface area contributed by atoms with Gasteiger partial charge in [0, 0.05) is 29.5 Å². The number of nitrogens with one attached hydrogen (secondary N) is 3. The molecule has 274 valence electrons. The maximum atomic E-state index is 14.7. The summed E-state index contributed by atoms with van der Waals surface area (Å²) >= 11 is 6.27. The summed E-state index contributed by atoms with van der Waals surface area (Å²) in [6.07, 6.45) is 10.4. The van der Waals surface area contributed by atoms with Crippen LogP contribution in [-0.2, 0) is 28.8 Å². The van der Waals surface area contributed by atoms with E-state index < -0.39 is 46.7 Å². The third-order valence-corrected chi connectivity index (χ3v) is 10.6. The molecule has 4 aliphatic rings. The Bertz CT molecular complexity index is 1460. The molecule has 3 fully saturated rings. The number of hydrogen-bond acceptors (Lipinski definition) is 8. The molecular weight excluding hydrogens is 658 g/mol. The van der Waals surface area contributed by atoms with Crippen molar-refractivity contribution in [3.8, 4) is 0 Å². The van der Waals surface area contributed by atoms with Crippen molar-refractivity contribution in [2.24, 2.45) is 10.6 Å². The summed E-state index contributed by atoms with van der Waals surface area (Å²) in [5, 5.41) is 13.9. The van der Waals surface area contributed by atoms with E-state index in [-0.39, 0.29) is 37.4 Å². The minimum atomic E-state index is -1.02. The van der Waals surface area contributed by atoms with Crippen LogP contribution in [0, 0.1) is 5.41 Å². The lowest BCUT2D eigenvalue weighted by molar-refractivity contribution is -0.144. The van der Waals surface area contributed by atoms with E-state index in [1.54, 1.807) is 12.1 Å². The van der Waals surface area contributed by atoms with Crippen molar-refractivity contribution < 1.29 is 28.8 Å². The fourth-order valence-corrected chi connectivity index (χ4v) is 7.85. The lowest BCUT2D eigenvalue weighted by Gasteiger charge is -2.37. The first-order valence-electron chi connectivity index (χ1n) is 18.4. The Labute approximate surface area is 301 Å². The SMILES string of the molecule is C=C(N[C@H](C(=O)N1C[C@@]2(CC(c3cccc(Cl)c3)=NO2)C[C@H]1C(=O)N[C@@H](CCC)C(=O)C(=O)NC1CCCC1)C(C)(C)C)OC1CCCCC1. The minimum absolute atomic E-state index is 0.0286. The number of amides is 3. The van der Waals surface area contributed by atoms with Crippen molar-refractivity contribution >= 4 is 40.8 Å². The van der Waals surface area contributed by atoms with E-state index in [1.807, 2.05) is 39.8 Å². The molecule has 1 spiro atoms. The molecule has 2 heterocycles. The van der Waals surface area contributed by atoms with Crippen LogP contribution in [0.5, 0.6) is 0 Å². The van der Waals surface area contributed by atoms with Crippen LogP contribution >= 0.6 is 11.6 Å². The fourth-order valence-electron chi connectivity index (χ4n) is 7.66. The third-order valence-electron chi connectivity index (χ3n) is 10.4. The van der Waals surface area contributed by atoms with E-state index in [0.717, 1.165) is 56.9 Å². The van der Waals surface area contributed by atoms with E-state index in [1.165, 1.54) is 11.3 Å². The van der Waals surface area contributed by atoms with Crippen LogP contribution in [0.15, 0.2) is 41.9 Å². The van der Waals surface area contributed by atoms with Crippen LogP contribution in [0.3, 0.4) is 0 Å². The Morgan fingerprint density at radius 1 is 1.08 bits per heavy atom. The Hall–Kier alpha value is -3.60. The van der Waals surface area contributed by atoms with E-state index in [2.05, 4.69) is 27.7 Å². The molecule has 0 unspecified atom stereocenters. The second-order valence-electron chi connectivity index (χ2n) is 15.6. The monoisotopic (exact) mass is 711 g/mol. The molecular formula is C38H54ClN5O6. The van der Waals surface area contributed by atoms with Crippen molar-refractivity contribution in [2.75, 3.05) is 6.54 Å². The first-order valence-corrected chi connectivity index (χ1v) is 18.7. The number of carbonyl (C=O) groups is 4. The number of Topliss-reactive ketones (excluding diaryl/α,β-unsaturated/α-hetero) is 1. The predicted molar refractivity (Wildman–Crippen MR) is 192 cm³/mol. The number of ketones is 1. The molecule has 11 nitrogen and oxygen atoms in total. The molecule has 1 aromatic carbocycles. The van der Waals surface area contributed by atoms with Gasteiger partial charge in [-0.1, -0.05) is 82.3 Å². The Morgan fingerprint density at radius 2 is 1.78 bits per heavy atom. The van der Waals surface area contributed by atoms with E-state index in [9.17, 15) is 19.2 Å². The zero-order chi connectivity index (χ0) is 36.1. The maximum Gasteiger partial charge on any atom is 0.289 e. The van der Waals surface area contributed by atoms with Crippen molar-refractivity contribution in [3.63, 3.8) is 0 Å². The summed E-state index contributed by atoms with van der Waals surface area (Å²) in [6, 6.07) is 4.49. The van der Waals surface area contributed by atoms with E-state index in [4.69, 9.17) is 21.2 Å². The van der Waals surface area contributed by atoms with Gasteiger partial charge in [-0.05, 0) is 69.1 Å². The largest absolute Gasteiger partial charge is 0.476 e. The topological polar surface area (TPSA) is 138 Å². The standard InChI is InChI=1S/C38H54ClN5O6/c1-6-13-29(32(45)35(47)41-27-16-10-11-17-27)42-34(46)31-22-38(21-30(43-50-38)25-14-12-15-26(39)20-25)23-44(31)36(48)33(37(3,4)5)40-24(2)49-28-18-8-7-9-19-28/h12,14-15,20,27-29,31,33,40H,2,6-11,13,16-19,21-23H2,1,3-5H3,(H,41,47)(H,42,46)/t29-,31-,33+,38+/m0/s1. The first kappa shape index (κ1) is 37.7. The van der Waals surface area contributed by atoms with Gasteiger partial charge in [0.2, 0.25) is 17.6 Å². The smallest absolute Gasteiger partial charge is 0.289 e. The summed E-state index contributed by atoms with van der Waals surface area (Å²) < 4.78 is 6.16. The summed E-state index contributed by atoms with van der Waals surface area (Å²) in [5.74, 6) is -1.86. The van der Waals surface area contributed by atoms with Gasteiger partial charge in [0.15, 0.2) is 11.5 Å². The number of halogens is 1. The molecule has 2 saturated carbocycles. The van der Waals surface area contributed by atoms with E-state index >= 15 is 0 Å². The predicted octanol–water partition coefficient (Wildman–Crippen LogP) is 5.54. The van der Waals surface area contributed by atoms with Gasteiger partial charge in [0.25, 0.3) is 5.91 Å². The van der Waals surface area contributed by atoms with Gasteiger partial charge in [0.1, 0.15) is 18.2 Å². The van der Waals surface area contributed by atoms with Crippen molar-refractivity contribution in [3.05, 3.63) is 47.3 Å². The first-order chi connectivity index (χ1) is 23.8. The average molecular weight is 712 g/mol. The van der Waals surface area contributed by atoms with Gasteiger partial charge in [-0.3, -0.25) is 19.2 Å². The number of likely N-dealkylation sites (tertiary alicyclic amines) is 1. The summed E-state index contributed by atoms with van der Waals surface area (Å²) in [7, 11) is 0. The Morgan fingerprint density at radius 3 is 2.44 bits per heavy atom. The molecule has 3 N–H and O–H groups in total. The van der Waals surface area contributed by atoms with Crippen LogP contribution in [-0.4, -0.2) is 76.5 Å². The molecule has 50 heavy (non-hydrogen) atoms. The molecule has 0 bridgehead atoms. The molecule has 0 aromatic heterocycles. The average Bonchev–Trinajstić information content (AvgIpc) is 3.83. The van der Waals surface area contributed by atoms with E-state index in [0.29, 0.717) is 29.5 Å². The van der Waals surface area contributed by atoms with Crippen LogP contribution in [0.25, 0.3) is 0 Å². The highest BCUT2D eigenvalue weighted by Gasteiger charge is 2.55. The highest BCUT2D eigenvalue weighted by molar-refractivity contribution is 6.38. The molecule has 2 aliphatic heterocycles. The molecule has 4 atom stereocenters. The normalized spacial score (nSPS) is 23.9. The third kappa shape index (κ3) is 9.19. The van der Waals surface area contributed by atoms with Gasteiger partial charge in [-0.2, -0.15) is 0 Å². The highest BCUT2D eigenvalue weighted by Crippen LogP contribution is 2.40. The van der Waals surface area contributed by atoms with Gasteiger partial charge in [0.05, 0.1) is 18.3 Å². The van der Waals surface area contributed by atoms with Crippen molar-refractivity contribution in [2.45, 2.75) is 147 Å². The number of hydrogen-bond donors (Lipinski definition) is 3. The molecule has 1 saturated heterocycles. The summed E-state index contributed by atoms with van der Waals surface area (Å²) in [4.78, 5) is 62.9. The lowest BCUT2D eigenvalue weighted by Crippen LogP contribution is -2.58. The van der Waals surface area contributed by atoms with Crippen LogP contribution in [0.4, 0.5) is 0 Å². The lowest BCUT2D eigenvalue weighted by atomic mass is 9.85. The number of carbonyl (C=O) groups excluding carboxylic acids is 4.